The summed E-state index contributed by atoms with van der Waals surface area (Å²) in [7, 11) is 0. The van der Waals surface area contributed by atoms with Gasteiger partial charge in [0.2, 0.25) is 11.8 Å². The summed E-state index contributed by atoms with van der Waals surface area (Å²) in [5.74, 6) is -1.91. The Morgan fingerprint density at radius 1 is 0.877 bits per heavy atom. The number of imide groups is 2. The van der Waals surface area contributed by atoms with Gasteiger partial charge in [-0.2, -0.15) is 5.26 Å². The lowest BCUT2D eigenvalue weighted by molar-refractivity contribution is -0.136. The van der Waals surface area contributed by atoms with Crippen molar-refractivity contribution < 1.29 is 24.0 Å². The maximum absolute atomic E-state index is 13.6. The summed E-state index contributed by atoms with van der Waals surface area (Å²) in [6.07, 6.45) is 6.31. The van der Waals surface area contributed by atoms with E-state index in [4.69, 9.17) is 11.6 Å². The van der Waals surface area contributed by atoms with E-state index in [9.17, 15) is 29.2 Å². The average molecular weight is 788 g/mol. The number of fused-ring (bicyclic) bond motifs is 2. The van der Waals surface area contributed by atoms with Crippen molar-refractivity contribution in [2.75, 3.05) is 42.5 Å². The Morgan fingerprint density at radius 2 is 1.53 bits per heavy atom. The van der Waals surface area contributed by atoms with Gasteiger partial charge in [0.15, 0.2) is 0 Å². The molecule has 3 aromatic carbocycles. The van der Waals surface area contributed by atoms with Gasteiger partial charge in [-0.25, -0.2) is 0 Å². The van der Waals surface area contributed by atoms with Crippen molar-refractivity contribution in [2.45, 2.75) is 89.5 Å². The number of likely N-dealkylation sites (tertiary alicyclic amines) is 1. The molecule has 294 valence electrons. The molecule has 6 aliphatic rings. The number of piperidine rings is 3. The van der Waals surface area contributed by atoms with Crippen LogP contribution in [0.15, 0.2) is 54.6 Å². The quantitative estimate of drug-likeness (QED) is 0.321. The van der Waals surface area contributed by atoms with E-state index < -0.39 is 29.7 Å². The van der Waals surface area contributed by atoms with Crippen molar-refractivity contribution in [3.05, 3.63) is 93.0 Å². The van der Waals surface area contributed by atoms with Gasteiger partial charge < -0.3 is 14.7 Å². The molecule has 0 radical (unpaired) electrons. The van der Waals surface area contributed by atoms with Crippen LogP contribution in [-0.4, -0.2) is 95.1 Å². The second kappa shape index (κ2) is 14.6. The highest BCUT2D eigenvalue weighted by Crippen LogP contribution is 2.47. The first-order valence-electron chi connectivity index (χ1n) is 20.3. The lowest BCUT2D eigenvalue weighted by Crippen LogP contribution is -2.54. The molecule has 4 fully saturated rings. The van der Waals surface area contributed by atoms with E-state index in [0.717, 1.165) is 85.6 Å². The normalized spacial score (nSPS) is 23.6. The Labute approximate surface area is 337 Å². The van der Waals surface area contributed by atoms with Gasteiger partial charge in [-0.3, -0.25) is 39.1 Å². The Bertz CT molecular complexity index is 2180. The first-order valence-corrected chi connectivity index (χ1v) is 20.6. The Morgan fingerprint density at radius 3 is 2.12 bits per heavy atom. The van der Waals surface area contributed by atoms with E-state index in [1.165, 1.54) is 0 Å². The standard InChI is InChI=1S/C44H46ClN7O5/c1-2-31-22-44(26-51(31)34-8-5-28(23-46)37(45)21-34)13-17-48(18-14-44)32-6-3-27(4-7-32)41(55)49-15-11-33(12-16-49)50-24-29-19-35-36(20-30(29)25-50)43(57)52(42(35)56)38-9-10-39(53)47-40(38)54/h3-8,19-21,31,33,38H,2,9-18,22,24-26H2,1H3,(H,47,53,54)/t31-,38?/m0/s1. The number of nitriles is 1. The fourth-order valence-electron chi connectivity index (χ4n) is 10.3. The fourth-order valence-corrected chi connectivity index (χ4v) is 10.5. The summed E-state index contributed by atoms with van der Waals surface area (Å²) in [5.41, 5.74) is 6.35. The maximum atomic E-state index is 13.6. The van der Waals surface area contributed by atoms with Crippen molar-refractivity contribution in [1.29, 1.82) is 5.26 Å². The van der Waals surface area contributed by atoms with E-state index in [0.29, 0.717) is 59.5 Å². The minimum absolute atomic E-state index is 0.0517. The highest BCUT2D eigenvalue weighted by Gasteiger charge is 2.47. The largest absolute Gasteiger partial charge is 0.371 e. The van der Waals surface area contributed by atoms with E-state index in [1.54, 1.807) is 12.1 Å². The Hall–Kier alpha value is -5.25. The Balaban J connectivity index is 0.770. The summed E-state index contributed by atoms with van der Waals surface area (Å²) in [6.45, 7) is 7.81. The molecule has 0 aliphatic carbocycles. The molecular weight excluding hydrogens is 742 g/mol. The van der Waals surface area contributed by atoms with Crippen LogP contribution in [0, 0.1) is 16.7 Å². The first-order chi connectivity index (χ1) is 27.5. The third kappa shape index (κ3) is 6.64. The topological polar surface area (TPSA) is 137 Å². The predicted octanol–water partition coefficient (Wildman–Crippen LogP) is 5.51. The molecule has 13 heteroatoms. The van der Waals surface area contributed by atoms with Crippen LogP contribution in [0.2, 0.25) is 5.02 Å². The number of nitrogens with one attached hydrogen (secondary N) is 1. The molecule has 2 atom stereocenters. The maximum Gasteiger partial charge on any atom is 0.262 e. The fraction of sp³-hybridized carbons (Fsp3) is 0.455. The molecule has 3 aromatic rings. The molecule has 9 rings (SSSR count). The molecule has 1 N–H and O–H groups in total. The number of hydrogen-bond acceptors (Lipinski definition) is 9. The monoisotopic (exact) mass is 787 g/mol. The highest BCUT2D eigenvalue weighted by molar-refractivity contribution is 6.32. The van der Waals surface area contributed by atoms with Crippen LogP contribution in [0.3, 0.4) is 0 Å². The van der Waals surface area contributed by atoms with Gasteiger partial charge in [0.1, 0.15) is 12.1 Å². The van der Waals surface area contributed by atoms with Crippen LogP contribution in [0.25, 0.3) is 0 Å². The molecule has 57 heavy (non-hydrogen) atoms. The average Bonchev–Trinajstić information content (AvgIpc) is 3.88. The third-order valence-electron chi connectivity index (χ3n) is 13.6. The van der Waals surface area contributed by atoms with Crippen LogP contribution in [0.4, 0.5) is 11.4 Å². The third-order valence-corrected chi connectivity index (χ3v) is 13.9. The number of nitrogens with zero attached hydrogens (tertiary/aromatic N) is 6. The molecule has 6 aliphatic heterocycles. The van der Waals surface area contributed by atoms with Gasteiger partial charge in [-0.15, -0.1) is 0 Å². The van der Waals surface area contributed by atoms with Crippen LogP contribution in [0.5, 0.6) is 0 Å². The molecule has 0 aromatic heterocycles. The van der Waals surface area contributed by atoms with E-state index in [-0.39, 0.29) is 30.2 Å². The molecule has 0 bridgehead atoms. The number of rotatable bonds is 6. The van der Waals surface area contributed by atoms with Gasteiger partial charge in [0.05, 0.1) is 21.7 Å². The van der Waals surface area contributed by atoms with Gasteiger partial charge >= 0.3 is 0 Å². The van der Waals surface area contributed by atoms with Crippen LogP contribution >= 0.6 is 11.6 Å². The van der Waals surface area contributed by atoms with Crippen molar-refractivity contribution >= 4 is 52.5 Å². The molecule has 12 nitrogen and oxygen atoms in total. The predicted molar refractivity (Wildman–Crippen MR) is 214 cm³/mol. The smallest absolute Gasteiger partial charge is 0.262 e. The van der Waals surface area contributed by atoms with Crippen LogP contribution in [0.1, 0.15) is 106 Å². The van der Waals surface area contributed by atoms with E-state index in [1.807, 2.05) is 35.2 Å². The van der Waals surface area contributed by atoms with E-state index in [2.05, 4.69) is 45.1 Å². The summed E-state index contributed by atoms with van der Waals surface area (Å²) >= 11 is 6.42. The number of halogens is 1. The molecule has 1 spiro atoms. The number of amides is 5. The zero-order valence-corrected chi connectivity index (χ0v) is 32.9. The number of anilines is 2. The SMILES string of the molecule is CC[C@H]1CC2(CCN(c3ccc(C(=O)N4CCC(N5Cc6cc7c(cc6C5)C(=O)N(C5CCC(=O)NC5=O)C7=O)CC4)cc3)CC2)CN1c1ccc(C#N)c(Cl)c1. The first kappa shape index (κ1) is 37.3. The summed E-state index contributed by atoms with van der Waals surface area (Å²) in [5, 5.41) is 12.1. The second-order valence-corrected chi connectivity index (χ2v) is 17.2. The zero-order chi connectivity index (χ0) is 39.6. The molecule has 4 saturated heterocycles. The summed E-state index contributed by atoms with van der Waals surface area (Å²) in [4.78, 5) is 74.7. The minimum atomic E-state index is -0.975. The van der Waals surface area contributed by atoms with Crippen molar-refractivity contribution in [3.8, 4) is 6.07 Å². The van der Waals surface area contributed by atoms with Gasteiger partial charge in [0, 0.05) is 81.3 Å². The summed E-state index contributed by atoms with van der Waals surface area (Å²) in [6, 6.07) is 19.4. The van der Waals surface area contributed by atoms with Crippen molar-refractivity contribution in [3.63, 3.8) is 0 Å². The number of carbonyl (C=O) groups excluding carboxylic acids is 5. The number of benzene rings is 3. The minimum Gasteiger partial charge on any atom is -0.371 e. The van der Waals surface area contributed by atoms with Crippen LogP contribution in [-0.2, 0) is 22.7 Å². The van der Waals surface area contributed by atoms with Gasteiger partial charge in [-0.1, -0.05) is 18.5 Å². The number of hydrogen-bond donors (Lipinski definition) is 1. The molecule has 0 saturated carbocycles. The lowest BCUT2D eigenvalue weighted by atomic mass is 9.76. The lowest BCUT2D eigenvalue weighted by Gasteiger charge is -2.40. The van der Waals surface area contributed by atoms with Crippen molar-refractivity contribution in [1.82, 2.24) is 20.0 Å². The Kier molecular flexibility index (Phi) is 9.56. The highest BCUT2D eigenvalue weighted by atomic mass is 35.5. The van der Waals surface area contributed by atoms with Gasteiger partial charge in [0.25, 0.3) is 17.7 Å². The summed E-state index contributed by atoms with van der Waals surface area (Å²) < 4.78 is 0. The van der Waals surface area contributed by atoms with Crippen LogP contribution < -0.4 is 15.1 Å². The molecule has 1 unspecified atom stereocenters. The second-order valence-electron chi connectivity index (χ2n) is 16.7. The molecule has 5 amide bonds. The molecular formula is C44H46ClN7O5. The number of carbonyl (C=O) groups is 5. The van der Waals surface area contributed by atoms with E-state index >= 15 is 0 Å². The van der Waals surface area contributed by atoms with Gasteiger partial charge in [-0.05, 0) is 116 Å². The molecule has 6 heterocycles. The van der Waals surface area contributed by atoms with Crippen molar-refractivity contribution in [2.24, 2.45) is 5.41 Å². The zero-order valence-electron chi connectivity index (χ0n) is 32.1.